The zero-order valence-electron chi connectivity index (χ0n) is 15.5. The van der Waals surface area contributed by atoms with Crippen LogP contribution in [0.3, 0.4) is 0 Å². The van der Waals surface area contributed by atoms with Gasteiger partial charge in [0.2, 0.25) is 0 Å². The first-order valence-corrected chi connectivity index (χ1v) is 9.77. The molecule has 0 bridgehead atoms. The van der Waals surface area contributed by atoms with Gasteiger partial charge in [-0.1, -0.05) is 18.2 Å². The molecule has 27 heavy (non-hydrogen) atoms. The molecule has 0 unspecified atom stereocenters. The smallest absolute Gasteiger partial charge is 0.409 e. The van der Waals surface area contributed by atoms with E-state index in [4.69, 9.17) is 13.9 Å². The molecule has 1 fully saturated rings. The lowest BCUT2D eigenvalue weighted by Gasteiger charge is -2.25. The summed E-state index contributed by atoms with van der Waals surface area (Å²) in [6.07, 6.45) is 4.85. The molecule has 0 radical (unpaired) electrons. The number of rotatable bonds is 6. The van der Waals surface area contributed by atoms with E-state index >= 15 is 0 Å². The number of unbranched alkanes of at least 4 members (excludes halogenated alkanes) is 1. The Hall–Kier alpha value is -2.69. The summed E-state index contributed by atoms with van der Waals surface area (Å²) < 4.78 is 17.0. The van der Waals surface area contributed by atoms with Gasteiger partial charge in [0.05, 0.1) is 13.2 Å². The molecule has 4 rings (SSSR count). The lowest BCUT2D eigenvalue weighted by molar-refractivity contribution is 0.0926. The molecule has 2 aromatic carbocycles. The second-order valence-corrected chi connectivity index (χ2v) is 6.97. The molecule has 5 nitrogen and oxygen atoms in total. The van der Waals surface area contributed by atoms with E-state index in [1.54, 1.807) is 0 Å². The molecule has 0 aliphatic carbocycles. The highest BCUT2D eigenvalue weighted by atomic mass is 16.6. The highest BCUT2D eigenvalue weighted by Gasteiger charge is 2.17. The average Bonchev–Trinajstić information content (AvgIpc) is 3.09. The van der Waals surface area contributed by atoms with E-state index in [-0.39, 0.29) is 6.09 Å². The van der Waals surface area contributed by atoms with Gasteiger partial charge in [-0.3, -0.25) is 0 Å². The fraction of sp³-hybridized carbons (Fsp3) is 0.409. The number of benzene rings is 2. The first-order valence-electron chi connectivity index (χ1n) is 9.77. The van der Waals surface area contributed by atoms with Crippen LogP contribution in [0, 0.1) is 0 Å². The normalized spacial score (nSPS) is 14.6. The summed E-state index contributed by atoms with van der Waals surface area (Å²) in [7, 11) is 0. The van der Waals surface area contributed by atoms with E-state index in [0.29, 0.717) is 13.2 Å². The van der Waals surface area contributed by atoms with Crippen LogP contribution in [-0.4, -0.2) is 37.3 Å². The van der Waals surface area contributed by atoms with Crippen LogP contribution in [0.4, 0.5) is 4.79 Å². The fourth-order valence-corrected chi connectivity index (χ4v) is 3.52. The lowest BCUT2D eigenvalue weighted by Crippen LogP contribution is -2.36. The average molecular weight is 367 g/mol. The molecule has 1 aliphatic rings. The van der Waals surface area contributed by atoms with Gasteiger partial charge in [-0.2, -0.15) is 0 Å². The minimum absolute atomic E-state index is 0.173. The molecule has 1 saturated heterocycles. The number of hydrogen-bond donors (Lipinski definition) is 0. The van der Waals surface area contributed by atoms with Crippen LogP contribution in [0.2, 0.25) is 0 Å². The number of hydrogen-bond acceptors (Lipinski definition) is 4. The second-order valence-electron chi connectivity index (χ2n) is 6.97. The number of furan rings is 1. The van der Waals surface area contributed by atoms with Gasteiger partial charge in [-0.05, 0) is 56.4 Å². The topological polar surface area (TPSA) is 51.9 Å². The van der Waals surface area contributed by atoms with Crippen molar-refractivity contribution in [2.75, 3.05) is 26.3 Å². The number of likely N-dealkylation sites (tertiary alicyclic amines) is 1. The summed E-state index contributed by atoms with van der Waals surface area (Å²) in [5.41, 5.74) is 1.76. The predicted molar refractivity (Wildman–Crippen MR) is 105 cm³/mol. The Morgan fingerprint density at radius 1 is 0.926 bits per heavy atom. The number of carbonyl (C=O) groups is 1. The maximum absolute atomic E-state index is 11.9. The van der Waals surface area contributed by atoms with Crippen LogP contribution in [-0.2, 0) is 4.74 Å². The molecular formula is C22H25NO4. The molecule has 1 amide bonds. The zero-order valence-corrected chi connectivity index (χ0v) is 15.5. The number of amides is 1. The third kappa shape index (κ3) is 4.18. The third-order valence-electron chi connectivity index (χ3n) is 5.00. The molecule has 5 heteroatoms. The molecule has 0 atom stereocenters. The van der Waals surface area contributed by atoms with Crippen LogP contribution in [0.5, 0.6) is 5.75 Å². The summed E-state index contributed by atoms with van der Waals surface area (Å²) in [6, 6.07) is 13.9. The monoisotopic (exact) mass is 367 g/mol. The van der Waals surface area contributed by atoms with Gasteiger partial charge < -0.3 is 18.8 Å². The van der Waals surface area contributed by atoms with Crippen LogP contribution in [0.25, 0.3) is 21.9 Å². The van der Waals surface area contributed by atoms with Crippen LogP contribution < -0.4 is 4.74 Å². The molecule has 0 saturated carbocycles. The van der Waals surface area contributed by atoms with Crippen molar-refractivity contribution in [1.29, 1.82) is 0 Å². The summed E-state index contributed by atoms with van der Waals surface area (Å²) in [5.74, 6) is 0.833. The zero-order chi connectivity index (χ0) is 18.5. The van der Waals surface area contributed by atoms with E-state index in [1.807, 2.05) is 41.3 Å². The predicted octanol–water partition coefficient (Wildman–Crippen LogP) is 5.37. The van der Waals surface area contributed by atoms with Gasteiger partial charge in [0.15, 0.2) is 0 Å². The Morgan fingerprint density at radius 3 is 2.59 bits per heavy atom. The van der Waals surface area contributed by atoms with Crippen molar-refractivity contribution in [2.45, 2.75) is 32.1 Å². The van der Waals surface area contributed by atoms with Crippen LogP contribution in [0.1, 0.15) is 32.1 Å². The van der Waals surface area contributed by atoms with E-state index in [9.17, 15) is 4.79 Å². The van der Waals surface area contributed by atoms with Gasteiger partial charge in [0, 0.05) is 23.9 Å². The Balaban J connectivity index is 1.22. The van der Waals surface area contributed by atoms with Crippen molar-refractivity contribution < 1.29 is 18.7 Å². The first-order chi connectivity index (χ1) is 13.3. The quantitative estimate of drug-likeness (QED) is 0.550. The van der Waals surface area contributed by atoms with Crippen LogP contribution in [0.15, 0.2) is 46.9 Å². The summed E-state index contributed by atoms with van der Waals surface area (Å²) in [5, 5.41) is 2.17. The molecule has 0 N–H and O–H groups in total. The summed E-state index contributed by atoms with van der Waals surface area (Å²) >= 11 is 0. The van der Waals surface area contributed by atoms with Crippen molar-refractivity contribution in [3.05, 3.63) is 42.5 Å². The first kappa shape index (κ1) is 17.7. The van der Waals surface area contributed by atoms with Crippen LogP contribution >= 0.6 is 0 Å². The Bertz CT molecular complexity index is 911. The van der Waals surface area contributed by atoms with Gasteiger partial charge in [0.1, 0.15) is 16.9 Å². The minimum atomic E-state index is -0.173. The molecule has 1 aliphatic heterocycles. The van der Waals surface area contributed by atoms with E-state index < -0.39 is 0 Å². The molecule has 3 aromatic rings. The van der Waals surface area contributed by atoms with E-state index in [2.05, 4.69) is 6.07 Å². The number of fused-ring (bicyclic) bond motifs is 3. The standard InChI is InChI=1S/C22H25NO4/c24-22(23-12-4-1-5-13-23)26-15-7-6-14-25-17-10-11-21-19(16-17)18-8-2-3-9-20(18)27-21/h2-3,8-11,16H,1,4-7,12-15H2. The second kappa shape index (κ2) is 8.33. The van der Waals surface area contributed by atoms with Gasteiger partial charge >= 0.3 is 6.09 Å². The van der Waals surface area contributed by atoms with Crippen molar-refractivity contribution in [3.63, 3.8) is 0 Å². The maximum Gasteiger partial charge on any atom is 0.409 e. The van der Waals surface area contributed by atoms with Gasteiger partial charge in [-0.15, -0.1) is 0 Å². The Labute approximate surface area is 158 Å². The molecule has 1 aromatic heterocycles. The van der Waals surface area contributed by atoms with Gasteiger partial charge in [-0.25, -0.2) is 4.79 Å². The molecule has 2 heterocycles. The number of carbonyl (C=O) groups excluding carboxylic acids is 1. The highest BCUT2D eigenvalue weighted by Crippen LogP contribution is 2.31. The number of ether oxygens (including phenoxy) is 2. The van der Waals surface area contributed by atoms with Gasteiger partial charge in [0.25, 0.3) is 0 Å². The SMILES string of the molecule is O=C(OCCCCOc1ccc2oc3ccccc3c2c1)N1CCCCC1. The van der Waals surface area contributed by atoms with E-state index in [1.165, 1.54) is 6.42 Å². The fourth-order valence-electron chi connectivity index (χ4n) is 3.52. The minimum Gasteiger partial charge on any atom is -0.494 e. The maximum atomic E-state index is 11.9. The van der Waals surface area contributed by atoms with Crippen molar-refractivity contribution in [3.8, 4) is 5.75 Å². The van der Waals surface area contributed by atoms with Crippen molar-refractivity contribution in [2.24, 2.45) is 0 Å². The largest absolute Gasteiger partial charge is 0.494 e. The highest BCUT2D eigenvalue weighted by molar-refractivity contribution is 6.05. The Kier molecular flexibility index (Phi) is 5.47. The number of nitrogens with zero attached hydrogens (tertiary/aromatic N) is 1. The summed E-state index contributed by atoms with van der Waals surface area (Å²) in [6.45, 7) is 2.70. The van der Waals surface area contributed by atoms with E-state index in [0.717, 1.165) is 66.5 Å². The van der Waals surface area contributed by atoms with Crippen molar-refractivity contribution >= 4 is 28.0 Å². The summed E-state index contributed by atoms with van der Waals surface area (Å²) in [4.78, 5) is 13.7. The van der Waals surface area contributed by atoms with Crippen molar-refractivity contribution in [1.82, 2.24) is 4.90 Å². The lowest BCUT2D eigenvalue weighted by atomic mass is 10.1. The Morgan fingerprint density at radius 2 is 1.70 bits per heavy atom. The number of piperidine rings is 1. The molecule has 142 valence electrons. The third-order valence-corrected chi connectivity index (χ3v) is 5.00. The molecule has 0 spiro atoms. The molecular weight excluding hydrogens is 342 g/mol. The number of para-hydroxylation sites is 1.